The Morgan fingerprint density at radius 1 is 1.08 bits per heavy atom. The van der Waals surface area contributed by atoms with Gasteiger partial charge in [-0.2, -0.15) is 0 Å². The summed E-state index contributed by atoms with van der Waals surface area (Å²) in [4.78, 5) is 16.8. The van der Waals surface area contributed by atoms with Gasteiger partial charge in [0.15, 0.2) is 0 Å². The van der Waals surface area contributed by atoms with E-state index in [2.05, 4.69) is 48.3 Å². The Morgan fingerprint density at radius 3 is 2.56 bits per heavy atom. The van der Waals surface area contributed by atoms with Gasteiger partial charge in [0, 0.05) is 31.2 Å². The first-order valence-electron chi connectivity index (χ1n) is 9.38. The number of fused-ring (bicyclic) bond motifs is 1. The predicted octanol–water partition coefficient (Wildman–Crippen LogP) is 4.04. The summed E-state index contributed by atoms with van der Waals surface area (Å²) in [6, 6.07) is 17.5. The smallest absolute Gasteiger partial charge is 0.253 e. The van der Waals surface area contributed by atoms with Gasteiger partial charge < -0.3 is 4.90 Å². The maximum atomic E-state index is 12.4. The van der Waals surface area contributed by atoms with Crippen molar-refractivity contribution >= 4 is 5.91 Å². The summed E-state index contributed by atoms with van der Waals surface area (Å²) < 4.78 is 0. The van der Waals surface area contributed by atoms with E-state index >= 15 is 0 Å². The fourth-order valence-electron chi connectivity index (χ4n) is 4.25. The van der Waals surface area contributed by atoms with E-state index in [1.165, 1.54) is 29.5 Å². The van der Waals surface area contributed by atoms with Crippen LogP contribution in [0, 0.1) is 0 Å². The average molecular weight is 334 g/mol. The zero-order valence-electron chi connectivity index (χ0n) is 14.9. The lowest BCUT2D eigenvalue weighted by atomic mass is 10.1. The molecule has 2 aromatic carbocycles. The van der Waals surface area contributed by atoms with Crippen molar-refractivity contribution in [3.05, 3.63) is 70.8 Å². The minimum Gasteiger partial charge on any atom is -0.339 e. The van der Waals surface area contributed by atoms with Crippen LogP contribution in [-0.2, 0) is 13.0 Å². The molecule has 3 heteroatoms. The minimum absolute atomic E-state index is 0.183. The van der Waals surface area contributed by atoms with Crippen molar-refractivity contribution in [3.63, 3.8) is 0 Å². The van der Waals surface area contributed by atoms with Crippen LogP contribution in [0.15, 0.2) is 48.5 Å². The van der Waals surface area contributed by atoms with E-state index in [1.807, 2.05) is 17.0 Å². The molecular weight excluding hydrogens is 308 g/mol. The van der Waals surface area contributed by atoms with Crippen molar-refractivity contribution in [2.24, 2.45) is 0 Å². The van der Waals surface area contributed by atoms with E-state index in [1.54, 1.807) is 0 Å². The summed E-state index contributed by atoms with van der Waals surface area (Å²) in [7, 11) is 2.20. The number of benzene rings is 2. The zero-order chi connectivity index (χ0) is 17.2. The molecule has 0 bridgehead atoms. The number of rotatable bonds is 4. The Morgan fingerprint density at radius 2 is 1.80 bits per heavy atom. The summed E-state index contributed by atoms with van der Waals surface area (Å²) in [5.74, 6) is 0.183. The lowest BCUT2D eigenvalue weighted by Crippen LogP contribution is -2.27. The fraction of sp³-hybridized carbons (Fsp3) is 0.409. The van der Waals surface area contributed by atoms with E-state index in [0.717, 1.165) is 38.0 Å². The topological polar surface area (TPSA) is 23.6 Å². The van der Waals surface area contributed by atoms with Crippen molar-refractivity contribution in [1.29, 1.82) is 0 Å². The molecule has 1 atom stereocenters. The molecular formula is C22H26N2O. The van der Waals surface area contributed by atoms with Crippen molar-refractivity contribution in [1.82, 2.24) is 9.80 Å². The van der Waals surface area contributed by atoms with Gasteiger partial charge in [-0.3, -0.25) is 9.69 Å². The Balaban J connectivity index is 1.42. The van der Waals surface area contributed by atoms with Crippen LogP contribution in [0.4, 0.5) is 0 Å². The second-order valence-electron chi connectivity index (χ2n) is 7.36. The van der Waals surface area contributed by atoms with Gasteiger partial charge in [0.05, 0.1) is 0 Å². The monoisotopic (exact) mass is 334 g/mol. The van der Waals surface area contributed by atoms with Gasteiger partial charge in [0.25, 0.3) is 5.91 Å². The third-order valence-electron chi connectivity index (χ3n) is 5.66. The van der Waals surface area contributed by atoms with Crippen molar-refractivity contribution < 1.29 is 4.79 Å². The Bertz CT molecular complexity index is 747. The molecule has 3 nitrogen and oxygen atoms in total. The molecule has 0 radical (unpaired) electrons. The molecule has 1 unspecified atom stereocenters. The molecule has 1 aliphatic carbocycles. The number of likely N-dealkylation sites (tertiary alicyclic amines) is 1. The van der Waals surface area contributed by atoms with Gasteiger partial charge in [-0.05, 0) is 61.6 Å². The van der Waals surface area contributed by atoms with Crippen molar-refractivity contribution in [3.8, 4) is 0 Å². The lowest BCUT2D eigenvalue weighted by molar-refractivity contribution is 0.0793. The molecule has 1 fully saturated rings. The van der Waals surface area contributed by atoms with Gasteiger partial charge >= 0.3 is 0 Å². The van der Waals surface area contributed by atoms with Crippen molar-refractivity contribution in [2.45, 2.75) is 38.3 Å². The summed E-state index contributed by atoms with van der Waals surface area (Å²) in [5, 5.41) is 0. The highest BCUT2D eigenvalue weighted by Gasteiger charge is 2.25. The van der Waals surface area contributed by atoms with Gasteiger partial charge in [0.2, 0.25) is 0 Å². The molecule has 1 aliphatic heterocycles. The van der Waals surface area contributed by atoms with Crippen LogP contribution in [0.1, 0.15) is 52.4 Å². The average Bonchev–Trinajstić information content (AvgIpc) is 3.31. The van der Waals surface area contributed by atoms with E-state index in [4.69, 9.17) is 0 Å². The number of aryl methyl sites for hydroxylation is 1. The fourth-order valence-corrected chi connectivity index (χ4v) is 4.25. The third kappa shape index (κ3) is 3.34. The van der Waals surface area contributed by atoms with E-state index < -0.39 is 0 Å². The Hall–Kier alpha value is -2.13. The van der Waals surface area contributed by atoms with E-state index in [-0.39, 0.29) is 5.91 Å². The summed E-state index contributed by atoms with van der Waals surface area (Å²) in [5.41, 5.74) is 5.06. The molecule has 0 N–H and O–H groups in total. The Kier molecular flexibility index (Phi) is 4.58. The van der Waals surface area contributed by atoms with Crippen LogP contribution in [0.5, 0.6) is 0 Å². The largest absolute Gasteiger partial charge is 0.339 e. The SMILES string of the molecule is CN(Cc1ccc(C(=O)N2CCCC2)cc1)C1CCc2ccccc21. The van der Waals surface area contributed by atoms with E-state index in [9.17, 15) is 4.79 Å². The van der Waals surface area contributed by atoms with Crippen LogP contribution in [0.25, 0.3) is 0 Å². The molecule has 2 aromatic rings. The predicted molar refractivity (Wildman–Crippen MR) is 101 cm³/mol. The molecule has 0 saturated carbocycles. The van der Waals surface area contributed by atoms with Crippen LogP contribution in [0.2, 0.25) is 0 Å². The van der Waals surface area contributed by atoms with Gasteiger partial charge in [-0.25, -0.2) is 0 Å². The zero-order valence-corrected chi connectivity index (χ0v) is 14.9. The molecule has 1 saturated heterocycles. The van der Waals surface area contributed by atoms with Crippen LogP contribution >= 0.6 is 0 Å². The quantitative estimate of drug-likeness (QED) is 0.842. The van der Waals surface area contributed by atoms with Crippen LogP contribution < -0.4 is 0 Å². The van der Waals surface area contributed by atoms with E-state index in [0.29, 0.717) is 6.04 Å². The second-order valence-corrected chi connectivity index (χ2v) is 7.36. The van der Waals surface area contributed by atoms with Gasteiger partial charge in [-0.15, -0.1) is 0 Å². The number of hydrogen-bond acceptors (Lipinski definition) is 2. The first kappa shape index (κ1) is 16.3. The normalized spacial score (nSPS) is 19.4. The third-order valence-corrected chi connectivity index (χ3v) is 5.66. The number of carbonyl (C=O) groups excluding carboxylic acids is 1. The van der Waals surface area contributed by atoms with Gasteiger partial charge in [-0.1, -0.05) is 36.4 Å². The maximum Gasteiger partial charge on any atom is 0.253 e. The molecule has 1 heterocycles. The molecule has 4 rings (SSSR count). The first-order chi connectivity index (χ1) is 12.2. The number of amides is 1. The lowest BCUT2D eigenvalue weighted by Gasteiger charge is -2.25. The summed E-state index contributed by atoms with van der Waals surface area (Å²) >= 11 is 0. The molecule has 0 aromatic heterocycles. The number of carbonyl (C=O) groups is 1. The number of nitrogens with zero attached hydrogens (tertiary/aromatic N) is 2. The maximum absolute atomic E-state index is 12.4. The minimum atomic E-state index is 0.183. The molecule has 1 amide bonds. The summed E-state index contributed by atoms with van der Waals surface area (Å²) in [6.45, 7) is 2.73. The molecule has 25 heavy (non-hydrogen) atoms. The van der Waals surface area contributed by atoms with Gasteiger partial charge in [0.1, 0.15) is 0 Å². The van der Waals surface area contributed by atoms with Crippen LogP contribution in [-0.4, -0.2) is 35.8 Å². The summed E-state index contributed by atoms with van der Waals surface area (Å²) in [6.07, 6.45) is 4.64. The highest BCUT2D eigenvalue weighted by Crippen LogP contribution is 2.35. The Labute approximate surface area is 150 Å². The first-order valence-corrected chi connectivity index (χ1v) is 9.38. The van der Waals surface area contributed by atoms with Crippen molar-refractivity contribution in [2.75, 3.05) is 20.1 Å². The highest BCUT2D eigenvalue weighted by molar-refractivity contribution is 5.94. The molecule has 2 aliphatic rings. The van der Waals surface area contributed by atoms with Crippen LogP contribution in [0.3, 0.4) is 0 Å². The highest BCUT2D eigenvalue weighted by atomic mass is 16.2. The molecule has 130 valence electrons. The standard InChI is InChI=1S/C22H26N2O/c1-23(21-13-12-18-6-2-3-7-20(18)21)16-17-8-10-19(11-9-17)22(25)24-14-4-5-15-24/h2-3,6-11,21H,4-5,12-16H2,1H3. The molecule has 0 spiro atoms. The number of hydrogen-bond donors (Lipinski definition) is 0. The second kappa shape index (κ2) is 7.01.